The number of hydrogen-bond donors (Lipinski definition) is 3. The number of aromatic nitrogens is 4. The summed E-state index contributed by atoms with van der Waals surface area (Å²) in [6, 6.07) is 2.39. The third-order valence-electron chi connectivity index (χ3n) is 5.15. The molecule has 0 spiro atoms. The molecule has 0 aliphatic carbocycles. The average molecular weight is 373 g/mol. The van der Waals surface area contributed by atoms with Crippen molar-refractivity contribution in [3.05, 3.63) is 30.5 Å². The van der Waals surface area contributed by atoms with Gasteiger partial charge in [-0.05, 0) is 30.9 Å². The largest absolute Gasteiger partial charge is 0.352 e. The van der Waals surface area contributed by atoms with Gasteiger partial charge in [-0.2, -0.15) is 0 Å². The molecule has 0 bridgehead atoms. The SMILES string of the molecule is N=C(/C=C\c1ncc(-c2cc(N3CCCC4CNCC43)ncn2)[nH]1)C(F)F. The zero-order valence-electron chi connectivity index (χ0n) is 14.7. The van der Waals surface area contributed by atoms with Crippen molar-refractivity contribution in [2.45, 2.75) is 25.3 Å². The van der Waals surface area contributed by atoms with Crippen LogP contribution in [0.3, 0.4) is 0 Å². The van der Waals surface area contributed by atoms with Crippen molar-refractivity contribution in [1.82, 2.24) is 25.3 Å². The minimum Gasteiger partial charge on any atom is -0.352 e. The fourth-order valence-corrected chi connectivity index (χ4v) is 3.80. The summed E-state index contributed by atoms with van der Waals surface area (Å²) >= 11 is 0. The summed E-state index contributed by atoms with van der Waals surface area (Å²) in [5.74, 6) is 1.95. The van der Waals surface area contributed by atoms with E-state index >= 15 is 0 Å². The molecule has 2 aliphatic rings. The van der Waals surface area contributed by atoms with Gasteiger partial charge in [0.25, 0.3) is 6.43 Å². The molecular formula is C18H21F2N7. The molecule has 4 heterocycles. The first-order valence-electron chi connectivity index (χ1n) is 9.01. The first-order chi connectivity index (χ1) is 13.1. The highest BCUT2D eigenvalue weighted by Gasteiger charge is 2.35. The molecule has 3 N–H and O–H groups in total. The van der Waals surface area contributed by atoms with Crippen molar-refractivity contribution in [2.24, 2.45) is 5.92 Å². The standard InChI is InChI=1S/C18H21F2N7/c19-18(20)12(21)3-4-16-23-8-14(26-16)13-6-17(25-10-24-13)27-5-1-2-11-7-22-9-15(11)27/h3-4,6,8,10-11,15,18,21-22H,1-2,5,7,9H2,(H,23,26)/b4-3-,21-12?. The molecule has 2 aromatic heterocycles. The highest BCUT2D eigenvalue weighted by atomic mass is 19.3. The molecule has 0 amide bonds. The van der Waals surface area contributed by atoms with Gasteiger partial charge in [-0.1, -0.05) is 0 Å². The first-order valence-corrected chi connectivity index (χ1v) is 9.01. The second-order valence-corrected chi connectivity index (χ2v) is 6.85. The highest BCUT2D eigenvalue weighted by Crippen LogP contribution is 2.30. The molecule has 9 heteroatoms. The van der Waals surface area contributed by atoms with E-state index in [0.29, 0.717) is 29.2 Å². The van der Waals surface area contributed by atoms with Crippen LogP contribution in [0, 0.1) is 11.3 Å². The van der Waals surface area contributed by atoms with Crippen LogP contribution in [0.4, 0.5) is 14.6 Å². The maximum atomic E-state index is 12.4. The Bertz CT molecular complexity index is 848. The predicted octanol–water partition coefficient (Wildman–Crippen LogP) is 2.35. The van der Waals surface area contributed by atoms with Gasteiger partial charge in [0.1, 0.15) is 18.0 Å². The van der Waals surface area contributed by atoms with E-state index in [9.17, 15) is 8.78 Å². The number of rotatable bonds is 5. The fraction of sp³-hybridized carbons (Fsp3) is 0.444. The summed E-state index contributed by atoms with van der Waals surface area (Å²) in [7, 11) is 0. The van der Waals surface area contributed by atoms with Crippen LogP contribution in [0.5, 0.6) is 0 Å². The summed E-state index contributed by atoms with van der Waals surface area (Å²) in [6.45, 7) is 3.01. The van der Waals surface area contributed by atoms with Gasteiger partial charge in [0, 0.05) is 31.7 Å². The number of imidazole rings is 1. The number of alkyl halides is 2. The minimum atomic E-state index is -2.79. The van der Waals surface area contributed by atoms with E-state index in [1.807, 2.05) is 6.07 Å². The lowest BCUT2D eigenvalue weighted by Gasteiger charge is -2.37. The van der Waals surface area contributed by atoms with Gasteiger partial charge in [0.2, 0.25) is 0 Å². The summed E-state index contributed by atoms with van der Waals surface area (Å²) in [6.07, 6.45) is 5.15. The molecule has 0 aromatic carbocycles. The Balaban J connectivity index is 1.54. The Morgan fingerprint density at radius 3 is 3.04 bits per heavy atom. The molecule has 2 atom stereocenters. The Morgan fingerprint density at radius 1 is 1.30 bits per heavy atom. The van der Waals surface area contributed by atoms with Crippen LogP contribution >= 0.6 is 0 Å². The smallest absolute Gasteiger partial charge is 0.279 e. The van der Waals surface area contributed by atoms with E-state index in [-0.39, 0.29) is 0 Å². The van der Waals surface area contributed by atoms with Crippen molar-refractivity contribution >= 4 is 17.6 Å². The van der Waals surface area contributed by atoms with Gasteiger partial charge >= 0.3 is 0 Å². The molecule has 27 heavy (non-hydrogen) atoms. The zero-order chi connectivity index (χ0) is 18.8. The number of anilines is 1. The molecule has 2 aromatic rings. The highest BCUT2D eigenvalue weighted by molar-refractivity contribution is 5.97. The Hall–Kier alpha value is -2.68. The van der Waals surface area contributed by atoms with Gasteiger partial charge in [-0.15, -0.1) is 0 Å². The Labute approximate surface area is 155 Å². The summed E-state index contributed by atoms with van der Waals surface area (Å²) < 4.78 is 24.8. The molecule has 0 radical (unpaired) electrons. The van der Waals surface area contributed by atoms with Crippen LogP contribution in [-0.2, 0) is 0 Å². The second kappa shape index (κ2) is 7.51. The Kier molecular flexibility index (Phi) is 4.93. The van der Waals surface area contributed by atoms with Crippen LogP contribution in [0.25, 0.3) is 17.5 Å². The first kappa shape index (κ1) is 17.7. The van der Waals surface area contributed by atoms with Crippen molar-refractivity contribution in [1.29, 1.82) is 5.41 Å². The van der Waals surface area contributed by atoms with E-state index in [0.717, 1.165) is 37.9 Å². The van der Waals surface area contributed by atoms with Crippen LogP contribution in [0.2, 0.25) is 0 Å². The molecule has 2 saturated heterocycles. The lowest BCUT2D eigenvalue weighted by molar-refractivity contribution is 0.226. The van der Waals surface area contributed by atoms with Gasteiger partial charge in [0.05, 0.1) is 23.3 Å². The summed E-state index contributed by atoms with van der Waals surface area (Å²) in [5, 5.41) is 10.6. The average Bonchev–Trinajstić information content (AvgIpc) is 3.35. The number of hydrogen-bond acceptors (Lipinski definition) is 6. The number of allylic oxidation sites excluding steroid dienone is 1. The fourth-order valence-electron chi connectivity index (χ4n) is 3.80. The van der Waals surface area contributed by atoms with E-state index < -0.39 is 12.1 Å². The molecule has 4 rings (SSSR count). The van der Waals surface area contributed by atoms with E-state index in [4.69, 9.17) is 5.41 Å². The van der Waals surface area contributed by atoms with E-state index in [2.05, 4.69) is 30.2 Å². The van der Waals surface area contributed by atoms with Crippen molar-refractivity contribution in [2.75, 3.05) is 24.5 Å². The number of H-pyrrole nitrogens is 1. The third-order valence-corrected chi connectivity index (χ3v) is 5.15. The molecular weight excluding hydrogens is 352 g/mol. The molecule has 2 fully saturated rings. The zero-order valence-corrected chi connectivity index (χ0v) is 14.7. The van der Waals surface area contributed by atoms with Crippen molar-refractivity contribution in [3.63, 3.8) is 0 Å². The van der Waals surface area contributed by atoms with Crippen LogP contribution in [-0.4, -0.2) is 57.7 Å². The Morgan fingerprint density at radius 2 is 2.19 bits per heavy atom. The summed E-state index contributed by atoms with van der Waals surface area (Å²) in [4.78, 5) is 18.3. The third kappa shape index (κ3) is 3.73. The number of halogens is 2. The molecule has 2 unspecified atom stereocenters. The minimum absolute atomic E-state index is 0.397. The number of nitrogens with one attached hydrogen (secondary N) is 3. The topological polar surface area (TPSA) is 93.6 Å². The second-order valence-electron chi connectivity index (χ2n) is 6.85. The molecule has 0 saturated carbocycles. The van der Waals surface area contributed by atoms with Gasteiger partial charge < -0.3 is 15.2 Å². The van der Waals surface area contributed by atoms with Crippen molar-refractivity contribution in [3.8, 4) is 11.4 Å². The lowest BCUT2D eigenvalue weighted by Crippen LogP contribution is -2.45. The normalized spacial score (nSPS) is 22.6. The molecule has 142 valence electrons. The van der Waals surface area contributed by atoms with E-state index in [1.165, 1.54) is 12.5 Å². The van der Waals surface area contributed by atoms with Gasteiger partial charge in [-0.25, -0.2) is 23.7 Å². The number of piperidine rings is 1. The monoisotopic (exact) mass is 373 g/mol. The predicted molar refractivity (Wildman–Crippen MR) is 99.1 cm³/mol. The number of nitrogens with zero attached hydrogens (tertiary/aromatic N) is 4. The quantitative estimate of drug-likeness (QED) is 0.700. The van der Waals surface area contributed by atoms with Crippen LogP contribution in [0.15, 0.2) is 24.7 Å². The van der Waals surface area contributed by atoms with Gasteiger partial charge in [0.15, 0.2) is 0 Å². The van der Waals surface area contributed by atoms with E-state index in [1.54, 1.807) is 12.5 Å². The van der Waals surface area contributed by atoms with Gasteiger partial charge in [-0.3, -0.25) is 5.41 Å². The van der Waals surface area contributed by atoms with Crippen LogP contribution < -0.4 is 10.2 Å². The van der Waals surface area contributed by atoms with Crippen molar-refractivity contribution < 1.29 is 8.78 Å². The lowest BCUT2D eigenvalue weighted by atomic mass is 9.92. The maximum Gasteiger partial charge on any atom is 0.279 e. The van der Waals surface area contributed by atoms with Crippen LogP contribution in [0.1, 0.15) is 18.7 Å². The summed E-state index contributed by atoms with van der Waals surface area (Å²) in [5.41, 5.74) is 0.631. The number of fused-ring (bicyclic) bond motifs is 1. The maximum absolute atomic E-state index is 12.4. The molecule has 7 nitrogen and oxygen atoms in total. The molecule has 2 aliphatic heterocycles. The number of aromatic amines is 1.